The molecule has 0 aliphatic carbocycles. The van der Waals surface area contributed by atoms with Crippen molar-refractivity contribution in [2.75, 3.05) is 5.75 Å². The summed E-state index contributed by atoms with van der Waals surface area (Å²) in [5.74, 6) is -0.304. The highest BCUT2D eigenvalue weighted by Crippen LogP contribution is 2.28. The maximum Gasteiger partial charge on any atom is 0.265 e. The van der Waals surface area contributed by atoms with Gasteiger partial charge in [-0.25, -0.2) is 0 Å². The highest BCUT2D eigenvalue weighted by molar-refractivity contribution is 7.99. The van der Waals surface area contributed by atoms with E-state index in [1.807, 2.05) is 102 Å². The number of rotatable bonds is 8. The van der Waals surface area contributed by atoms with E-state index < -0.39 is 5.91 Å². The molecule has 1 heterocycles. The molecule has 0 radical (unpaired) electrons. The van der Waals surface area contributed by atoms with Gasteiger partial charge in [0.25, 0.3) is 5.91 Å². The van der Waals surface area contributed by atoms with E-state index in [2.05, 4.69) is 15.5 Å². The lowest BCUT2D eigenvalue weighted by Gasteiger charge is -2.10. The Morgan fingerprint density at radius 3 is 2.21 bits per heavy atom. The van der Waals surface area contributed by atoms with Crippen LogP contribution < -0.4 is 5.32 Å². The summed E-state index contributed by atoms with van der Waals surface area (Å²) in [5, 5.41) is 31.9. The van der Waals surface area contributed by atoms with E-state index in [0.717, 1.165) is 16.8 Å². The second kappa shape index (κ2) is 11.0. The fourth-order valence-corrected chi connectivity index (χ4v) is 4.10. The number of carbonyl (C=O) groups is 1. The summed E-state index contributed by atoms with van der Waals surface area (Å²) in [6.45, 7) is 0.258. The number of nitrogens with one attached hydrogen (secondary N) is 1. The zero-order chi connectivity index (χ0) is 23.8. The van der Waals surface area contributed by atoms with Crippen molar-refractivity contribution in [1.29, 1.82) is 5.26 Å². The van der Waals surface area contributed by atoms with E-state index in [0.29, 0.717) is 11.0 Å². The van der Waals surface area contributed by atoms with E-state index in [4.69, 9.17) is 0 Å². The van der Waals surface area contributed by atoms with Gasteiger partial charge in [0, 0.05) is 17.8 Å². The second-order valence-electron chi connectivity index (χ2n) is 7.23. The summed E-state index contributed by atoms with van der Waals surface area (Å²) in [6, 6.07) is 30.5. The van der Waals surface area contributed by atoms with Crippen LogP contribution >= 0.6 is 11.8 Å². The van der Waals surface area contributed by atoms with Gasteiger partial charge in [-0.3, -0.25) is 9.36 Å². The molecule has 0 atom stereocenters. The Hall–Kier alpha value is -4.35. The number of hydrogen-bond donors (Lipinski definition) is 2. The molecule has 0 fully saturated rings. The number of aliphatic hydroxyl groups is 1. The lowest BCUT2D eigenvalue weighted by Crippen LogP contribution is -2.25. The van der Waals surface area contributed by atoms with Crippen LogP contribution in [0.3, 0.4) is 0 Å². The van der Waals surface area contributed by atoms with E-state index in [-0.39, 0.29) is 23.6 Å². The van der Waals surface area contributed by atoms with Crippen LogP contribution in [0.15, 0.2) is 107 Å². The summed E-state index contributed by atoms with van der Waals surface area (Å²) in [4.78, 5) is 12.5. The minimum atomic E-state index is -0.626. The number of aromatic nitrogens is 3. The number of nitriles is 1. The molecule has 168 valence electrons. The summed E-state index contributed by atoms with van der Waals surface area (Å²) in [6.07, 6.45) is 0. The highest BCUT2D eigenvalue weighted by atomic mass is 32.2. The van der Waals surface area contributed by atoms with Gasteiger partial charge in [-0.15, -0.1) is 10.2 Å². The van der Waals surface area contributed by atoms with Crippen LogP contribution in [0.2, 0.25) is 0 Å². The summed E-state index contributed by atoms with van der Waals surface area (Å²) >= 11 is 1.19. The normalized spacial score (nSPS) is 11.4. The average molecular weight is 468 g/mol. The van der Waals surface area contributed by atoms with Crippen molar-refractivity contribution < 1.29 is 9.90 Å². The third-order valence-corrected chi connectivity index (χ3v) is 5.88. The van der Waals surface area contributed by atoms with Crippen LogP contribution in [0.25, 0.3) is 17.1 Å². The van der Waals surface area contributed by atoms with Crippen molar-refractivity contribution in [3.8, 4) is 23.1 Å². The molecule has 0 spiro atoms. The maximum atomic E-state index is 12.5. The molecule has 3 aromatic carbocycles. The van der Waals surface area contributed by atoms with Gasteiger partial charge in [0.1, 0.15) is 11.8 Å². The first-order valence-corrected chi connectivity index (χ1v) is 11.5. The van der Waals surface area contributed by atoms with Crippen molar-refractivity contribution in [1.82, 2.24) is 20.1 Å². The maximum absolute atomic E-state index is 12.5. The number of nitrogens with zero attached hydrogens (tertiary/aromatic N) is 4. The Balaban J connectivity index is 1.55. The SMILES string of the molecule is N#C/C(C(=O)NCc1ccccc1)=C(/O)CSc1nnc(-c2ccccc2)n1-c1ccccc1. The van der Waals surface area contributed by atoms with Crippen LogP contribution in [-0.2, 0) is 11.3 Å². The van der Waals surface area contributed by atoms with Crippen LogP contribution in [0.1, 0.15) is 5.56 Å². The van der Waals surface area contributed by atoms with Gasteiger partial charge in [0.05, 0.1) is 5.75 Å². The van der Waals surface area contributed by atoms with E-state index in [1.165, 1.54) is 11.8 Å². The fourth-order valence-electron chi connectivity index (χ4n) is 3.27. The number of benzene rings is 3. The molecule has 4 aromatic rings. The van der Waals surface area contributed by atoms with Gasteiger partial charge in [-0.05, 0) is 17.7 Å². The molecule has 0 bridgehead atoms. The number of hydrogen-bond acceptors (Lipinski definition) is 6. The molecule has 0 saturated heterocycles. The predicted molar refractivity (Wildman–Crippen MR) is 131 cm³/mol. The van der Waals surface area contributed by atoms with Crippen LogP contribution in [-0.4, -0.2) is 31.5 Å². The number of amides is 1. The first-order chi connectivity index (χ1) is 16.7. The number of carbonyl (C=O) groups excluding carboxylic acids is 1. The van der Waals surface area contributed by atoms with Crippen molar-refractivity contribution in [3.05, 3.63) is 108 Å². The van der Waals surface area contributed by atoms with Gasteiger partial charge >= 0.3 is 0 Å². The largest absolute Gasteiger partial charge is 0.510 e. The standard InChI is InChI=1S/C26H21N5O2S/c27-16-22(25(33)28-17-19-10-4-1-5-11-19)23(32)18-34-26-30-29-24(20-12-6-2-7-13-20)31(26)21-14-8-3-9-15-21/h1-15,32H,17-18H2,(H,28,33)/b23-22-. The zero-order valence-electron chi connectivity index (χ0n) is 18.1. The molecule has 1 aromatic heterocycles. The Labute approximate surface area is 201 Å². The molecule has 0 saturated carbocycles. The van der Waals surface area contributed by atoms with Gasteiger partial charge in [-0.2, -0.15) is 5.26 Å². The number of thioether (sulfide) groups is 1. The van der Waals surface area contributed by atoms with Gasteiger partial charge in [0.2, 0.25) is 0 Å². The first-order valence-electron chi connectivity index (χ1n) is 10.5. The molecule has 8 heteroatoms. The Morgan fingerprint density at radius 2 is 1.56 bits per heavy atom. The third-order valence-electron chi connectivity index (χ3n) is 4.94. The Morgan fingerprint density at radius 1 is 0.941 bits per heavy atom. The van der Waals surface area contributed by atoms with Crippen molar-refractivity contribution in [2.24, 2.45) is 0 Å². The second-order valence-corrected chi connectivity index (χ2v) is 8.18. The minimum Gasteiger partial charge on any atom is -0.510 e. The molecule has 0 aliphatic rings. The van der Waals surface area contributed by atoms with Crippen LogP contribution in [0.5, 0.6) is 0 Å². The van der Waals surface area contributed by atoms with Crippen molar-refractivity contribution in [3.63, 3.8) is 0 Å². The molecule has 34 heavy (non-hydrogen) atoms. The summed E-state index contributed by atoms with van der Waals surface area (Å²) in [7, 11) is 0. The van der Waals surface area contributed by atoms with E-state index in [9.17, 15) is 15.2 Å². The predicted octanol–water partition coefficient (Wildman–Crippen LogP) is 4.68. The molecular formula is C26H21N5O2S. The lowest BCUT2D eigenvalue weighted by atomic mass is 10.2. The molecule has 4 rings (SSSR count). The first kappa shape index (κ1) is 22.8. The number of para-hydroxylation sites is 1. The van der Waals surface area contributed by atoms with Crippen LogP contribution in [0, 0.1) is 11.3 Å². The minimum absolute atomic E-state index is 0.0125. The topological polar surface area (TPSA) is 104 Å². The van der Waals surface area contributed by atoms with Gasteiger partial charge in [-0.1, -0.05) is 90.6 Å². The van der Waals surface area contributed by atoms with E-state index in [1.54, 1.807) is 0 Å². The number of aliphatic hydroxyl groups excluding tert-OH is 1. The molecule has 1 amide bonds. The molecular weight excluding hydrogens is 446 g/mol. The molecule has 7 nitrogen and oxygen atoms in total. The van der Waals surface area contributed by atoms with Crippen molar-refractivity contribution >= 4 is 17.7 Å². The smallest absolute Gasteiger partial charge is 0.265 e. The molecule has 2 N–H and O–H groups in total. The fraction of sp³-hybridized carbons (Fsp3) is 0.0769. The average Bonchev–Trinajstić information content (AvgIpc) is 3.32. The monoisotopic (exact) mass is 467 g/mol. The summed E-state index contributed by atoms with van der Waals surface area (Å²) < 4.78 is 1.88. The van der Waals surface area contributed by atoms with E-state index >= 15 is 0 Å². The quantitative estimate of drug-likeness (QED) is 0.169. The Kier molecular flexibility index (Phi) is 7.38. The summed E-state index contributed by atoms with van der Waals surface area (Å²) in [5.41, 5.74) is 2.32. The Bertz CT molecular complexity index is 1330. The van der Waals surface area contributed by atoms with Gasteiger partial charge < -0.3 is 10.4 Å². The third kappa shape index (κ3) is 5.34. The lowest BCUT2D eigenvalue weighted by molar-refractivity contribution is -0.117. The highest BCUT2D eigenvalue weighted by Gasteiger charge is 2.19. The van der Waals surface area contributed by atoms with Crippen LogP contribution in [0.4, 0.5) is 0 Å². The molecule has 0 unspecified atom stereocenters. The zero-order valence-corrected chi connectivity index (χ0v) is 18.9. The molecule has 0 aliphatic heterocycles. The van der Waals surface area contributed by atoms with Gasteiger partial charge in [0.15, 0.2) is 16.6 Å². The van der Waals surface area contributed by atoms with Crippen molar-refractivity contribution in [2.45, 2.75) is 11.7 Å².